The van der Waals surface area contributed by atoms with Crippen LogP contribution in [-0.2, 0) is 4.79 Å². The first kappa shape index (κ1) is 12.0. The number of rotatable bonds is 1. The van der Waals surface area contributed by atoms with Crippen LogP contribution < -0.4 is 0 Å². The minimum absolute atomic E-state index is 0.230. The maximum atomic E-state index is 12.8. The minimum Gasteiger partial charge on any atom is -0.294 e. The highest BCUT2D eigenvalue weighted by Gasteiger charge is 2.33. The summed E-state index contributed by atoms with van der Waals surface area (Å²) >= 11 is 0. The lowest BCUT2D eigenvalue weighted by Gasteiger charge is -2.29. The third kappa shape index (κ3) is 2.63. The lowest BCUT2D eigenvalue weighted by molar-refractivity contribution is -0.124. The second-order valence-corrected chi connectivity index (χ2v) is 5.29. The zero-order valence-corrected chi connectivity index (χ0v) is 10.3. The number of ketones is 1. The number of allylic oxidation sites excluding steroid dienone is 1. The predicted molar refractivity (Wildman–Crippen MR) is 67.0 cm³/mol. The molecule has 0 aliphatic heterocycles. The average molecular weight is 232 g/mol. The van der Waals surface area contributed by atoms with Gasteiger partial charge in [-0.25, -0.2) is 4.39 Å². The summed E-state index contributed by atoms with van der Waals surface area (Å²) in [7, 11) is 0. The summed E-state index contributed by atoms with van der Waals surface area (Å²) in [6, 6.07) is 6.25. The summed E-state index contributed by atoms with van der Waals surface area (Å²) in [5, 5.41) is 0. The van der Waals surface area contributed by atoms with Crippen LogP contribution in [0.2, 0.25) is 0 Å². The first-order chi connectivity index (χ1) is 7.99. The molecule has 0 spiro atoms. The van der Waals surface area contributed by atoms with Crippen molar-refractivity contribution in [3.8, 4) is 0 Å². The Labute approximate surface area is 101 Å². The Hall–Kier alpha value is -1.44. The molecule has 2 heteroatoms. The molecule has 0 radical (unpaired) electrons. The molecule has 0 atom stereocenters. The Kier molecular flexibility index (Phi) is 3.14. The highest BCUT2D eigenvalue weighted by molar-refractivity contribution is 6.03. The molecule has 0 aromatic heterocycles. The Bertz CT molecular complexity index is 454. The van der Waals surface area contributed by atoms with Gasteiger partial charge in [-0.1, -0.05) is 26.0 Å². The smallest absolute Gasteiger partial charge is 0.164 e. The van der Waals surface area contributed by atoms with Crippen molar-refractivity contribution >= 4 is 11.9 Å². The fraction of sp³-hybridized carbons (Fsp3) is 0.400. The third-order valence-electron chi connectivity index (χ3n) is 3.37. The predicted octanol–water partition coefficient (Wildman–Crippen LogP) is 3.99. The van der Waals surface area contributed by atoms with Gasteiger partial charge in [0.05, 0.1) is 0 Å². The molecule has 1 fully saturated rings. The number of benzene rings is 1. The zero-order chi connectivity index (χ0) is 12.5. The van der Waals surface area contributed by atoms with Crippen LogP contribution in [0.25, 0.3) is 6.08 Å². The van der Waals surface area contributed by atoms with Crippen LogP contribution in [0.15, 0.2) is 29.8 Å². The number of carbonyl (C=O) groups excluding carboxylic acids is 1. The molecule has 1 aromatic carbocycles. The Morgan fingerprint density at radius 3 is 2.53 bits per heavy atom. The van der Waals surface area contributed by atoms with Crippen LogP contribution in [0.1, 0.15) is 38.7 Å². The van der Waals surface area contributed by atoms with Gasteiger partial charge in [-0.2, -0.15) is 0 Å². The molecule has 1 nitrogen and oxygen atoms in total. The van der Waals surface area contributed by atoms with Crippen LogP contribution in [0, 0.1) is 11.2 Å². The van der Waals surface area contributed by atoms with Gasteiger partial charge in [0.1, 0.15) is 5.82 Å². The van der Waals surface area contributed by atoms with E-state index < -0.39 is 0 Å². The minimum atomic E-state index is -0.248. The highest BCUT2D eigenvalue weighted by atomic mass is 19.1. The van der Waals surface area contributed by atoms with E-state index in [0.29, 0.717) is 0 Å². The van der Waals surface area contributed by atoms with E-state index in [9.17, 15) is 9.18 Å². The fourth-order valence-electron chi connectivity index (χ4n) is 2.28. The number of halogens is 1. The number of Topliss-reactive ketones (excluding diaryl/α,β-unsaturated/α-hetero) is 1. The third-order valence-corrected chi connectivity index (χ3v) is 3.37. The van der Waals surface area contributed by atoms with Crippen LogP contribution in [0.3, 0.4) is 0 Å². The van der Waals surface area contributed by atoms with Crippen LogP contribution in [0.5, 0.6) is 0 Å². The van der Waals surface area contributed by atoms with E-state index in [1.54, 1.807) is 12.1 Å². The number of carbonyl (C=O) groups is 1. The summed E-state index contributed by atoms with van der Waals surface area (Å²) in [5.41, 5.74) is 1.52. The van der Waals surface area contributed by atoms with E-state index in [0.717, 1.165) is 30.4 Å². The van der Waals surface area contributed by atoms with E-state index in [4.69, 9.17) is 0 Å². The van der Waals surface area contributed by atoms with E-state index >= 15 is 0 Å². The van der Waals surface area contributed by atoms with Crippen molar-refractivity contribution in [2.45, 2.75) is 33.1 Å². The second kappa shape index (κ2) is 4.44. The van der Waals surface area contributed by atoms with Gasteiger partial charge in [0.15, 0.2) is 5.78 Å². The molecular weight excluding hydrogens is 215 g/mol. The normalized spacial score (nSPS) is 21.8. The van der Waals surface area contributed by atoms with Crippen molar-refractivity contribution in [3.63, 3.8) is 0 Å². The molecule has 0 saturated heterocycles. The molecule has 1 aliphatic carbocycles. The van der Waals surface area contributed by atoms with Gasteiger partial charge >= 0.3 is 0 Å². The van der Waals surface area contributed by atoms with Crippen molar-refractivity contribution in [1.82, 2.24) is 0 Å². The van der Waals surface area contributed by atoms with E-state index in [2.05, 4.69) is 0 Å². The van der Waals surface area contributed by atoms with Gasteiger partial charge in [0, 0.05) is 5.41 Å². The van der Waals surface area contributed by atoms with Crippen molar-refractivity contribution in [2.24, 2.45) is 5.41 Å². The first-order valence-electron chi connectivity index (χ1n) is 6.00. The number of hydrogen-bond donors (Lipinski definition) is 0. The van der Waals surface area contributed by atoms with Crippen molar-refractivity contribution in [2.75, 3.05) is 0 Å². The maximum absolute atomic E-state index is 12.8. The van der Waals surface area contributed by atoms with Crippen LogP contribution >= 0.6 is 0 Å². The summed E-state index contributed by atoms with van der Waals surface area (Å²) in [6.07, 6.45) is 4.72. The number of hydrogen-bond acceptors (Lipinski definition) is 1. The van der Waals surface area contributed by atoms with Crippen molar-refractivity contribution in [3.05, 3.63) is 41.2 Å². The molecule has 0 bridgehead atoms. The van der Waals surface area contributed by atoms with Gasteiger partial charge in [-0.15, -0.1) is 0 Å². The molecular formula is C15H17FO. The molecule has 0 amide bonds. The molecule has 1 aromatic rings. The molecule has 17 heavy (non-hydrogen) atoms. The van der Waals surface area contributed by atoms with Crippen LogP contribution in [0.4, 0.5) is 4.39 Å². The summed E-state index contributed by atoms with van der Waals surface area (Å²) in [4.78, 5) is 12.2. The monoisotopic (exact) mass is 232 g/mol. The van der Waals surface area contributed by atoms with E-state index in [-0.39, 0.29) is 17.0 Å². The first-order valence-corrected chi connectivity index (χ1v) is 6.00. The summed E-state index contributed by atoms with van der Waals surface area (Å²) in [6.45, 7) is 3.99. The molecule has 0 N–H and O–H groups in total. The van der Waals surface area contributed by atoms with Crippen LogP contribution in [-0.4, -0.2) is 5.78 Å². The molecule has 0 heterocycles. The van der Waals surface area contributed by atoms with Gasteiger partial charge in [-0.05, 0) is 48.6 Å². The fourth-order valence-corrected chi connectivity index (χ4v) is 2.28. The SMILES string of the molecule is CC1(C)CCCC(=Cc2ccc(F)cc2)C1=O. The largest absolute Gasteiger partial charge is 0.294 e. The Morgan fingerprint density at radius 1 is 1.24 bits per heavy atom. The second-order valence-electron chi connectivity index (χ2n) is 5.29. The topological polar surface area (TPSA) is 17.1 Å². The quantitative estimate of drug-likeness (QED) is 0.669. The van der Waals surface area contributed by atoms with Gasteiger partial charge in [-0.3, -0.25) is 4.79 Å². The maximum Gasteiger partial charge on any atom is 0.164 e. The van der Waals surface area contributed by atoms with E-state index in [1.807, 2.05) is 19.9 Å². The lowest BCUT2D eigenvalue weighted by Crippen LogP contribution is -2.29. The highest BCUT2D eigenvalue weighted by Crippen LogP contribution is 2.35. The van der Waals surface area contributed by atoms with Crippen molar-refractivity contribution < 1.29 is 9.18 Å². The molecule has 0 unspecified atom stereocenters. The summed E-state index contributed by atoms with van der Waals surface area (Å²) in [5.74, 6) is -0.0180. The van der Waals surface area contributed by atoms with Gasteiger partial charge in [0.2, 0.25) is 0 Å². The van der Waals surface area contributed by atoms with E-state index in [1.165, 1.54) is 12.1 Å². The summed E-state index contributed by atoms with van der Waals surface area (Å²) < 4.78 is 12.8. The Balaban J connectivity index is 2.27. The molecule has 1 saturated carbocycles. The average Bonchev–Trinajstić information content (AvgIpc) is 2.28. The lowest BCUT2D eigenvalue weighted by atomic mass is 9.73. The molecule has 90 valence electrons. The zero-order valence-electron chi connectivity index (χ0n) is 10.3. The molecule has 2 rings (SSSR count). The Morgan fingerprint density at radius 2 is 1.88 bits per heavy atom. The van der Waals surface area contributed by atoms with Crippen molar-refractivity contribution in [1.29, 1.82) is 0 Å². The standard InChI is InChI=1S/C15H17FO/c1-15(2)9-3-4-12(14(15)17)10-11-5-7-13(16)8-6-11/h5-8,10H,3-4,9H2,1-2H3. The molecule has 1 aliphatic rings. The van der Waals surface area contributed by atoms with Gasteiger partial charge < -0.3 is 0 Å². The van der Waals surface area contributed by atoms with Gasteiger partial charge in [0.25, 0.3) is 0 Å².